The first-order chi connectivity index (χ1) is 14.4. The van der Waals surface area contributed by atoms with Gasteiger partial charge in [0, 0.05) is 12.6 Å². The molecule has 0 atom stereocenters. The van der Waals surface area contributed by atoms with Crippen LogP contribution < -0.4 is 14.8 Å². The molecule has 0 spiro atoms. The van der Waals surface area contributed by atoms with Crippen molar-refractivity contribution in [2.24, 2.45) is 7.05 Å². The normalized spacial score (nSPS) is 12.0. The monoisotopic (exact) mass is 412 g/mol. The lowest BCUT2D eigenvalue weighted by Gasteiger charge is -2.43. The van der Waals surface area contributed by atoms with Crippen molar-refractivity contribution in [3.05, 3.63) is 97.5 Å². The number of hydrogen-bond donors (Lipinski definition) is 0. The first-order valence-corrected chi connectivity index (χ1v) is 12.2. The Morgan fingerprint density at radius 3 is 1.73 bits per heavy atom. The van der Waals surface area contributed by atoms with Crippen molar-refractivity contribution < 1.29 is 4.43 Å². The summed E-state index contributed by atoms with van der Waals surface area (Å²) in [6.45, 7) is 6.88. The van der Waals surface area contributed by atoms with Gasteiger partial charge in [-0.2, -0.15) is 0 Å². The molecule has 1 heterocycles. The Morgan fingerprint density at radius 1 is 0.767 bits per heavy atom. The molecule has 0 saturated heterocycles. The van der Waals surface area contributed by atoms with Crippen LogP contribution in [0.2, 0.25) is 5.04 Å². The molecule has 0 unspecified atom stereocenters. The van der Waals surface area contributed by atoms with Gasteiger partial charge in [0.2, 0.25) is 0 Å². The molecule has 0 N–H and O–H groups in total. The Labute approximate surface area is 180 Å². The van der Waals surface area contributed by atoms with E-state index in [0.29, 0.717) is 0 Å². The summed E-state index contributed by atoms with van der Waals surface area (Å²) in [4.78, 5) is 4.23. The highest BCUT2D eigenvalue weighted by atomic mass is 28.4. The Hall–Kier alpha value is -3.11. The molecule has 3 aromatic carbocycles. The molecular formula is C26H28N2OSi. The van der Waals surface area contributed by atoms with Gasteiger partial charge in [-0.1, -0.05) is 81.4 Å². The standard InChI is InChI=1S/C26H28N2OSi/c1-26(2,3)30(23-11-7-5-8-12-23,24-13-9-6-10-14-24)29-22-17-15-21(16-18-22)25-19-27-20-28(25)4/h5-20H,1-4H3. The lowest BCUT2D eigenvalue weighted by atomic mass is 10.1. The summed E-state index contributed by atoms with van der Waals surface area (Å²) < 4.78 is 9.08. The average Bonchev–Trinajstić information content (AvgIpc) is 3.19. The number of nitrogens with zero attached hydrogens (tertiary/aromatic N) is 2. The summed E-state index contributed by atoms with van der Waals surface area (Å²) in [6, 6.07) is 29.9. The van der Waals surface area contributed by atoms with Crippen LogP contribution in [0.5, 0.6) is 5.75 Å². The molecule has 0 aliphatic rings. The van der Waals surface area contributed by atoms with Gasteiger partial charge in [0.05, 0.1) is 18.2 Å². The maximum Gasteiger partial charge on any atom is 0.319 e. The van der Waals surface area contributed by atoms with Crippen molar-refractivity contribution in [2.45, 2.75) is 25.8 Å². The average molecular weight is 413 g/mol. The van der Waals surface area contributed by atoms with Crippen LogP contribution in [-0.4, -0.2) is 17.9 Å². The fraction of sp³-hybridized carbons (Fsp3) is 0.192. The van der Waals surface area contributed by atoms with Crippen LogP contribution in [0.4, 0.5) is 0 Å². The van der Waals surface area contributed by atoms with E-state index in [2.05, 4.69) is 111 Å². The number of rotatable bonds is 5. The molecule has 0 saturated carbocycles. The smallest absolute Gasteiger partial charge is 0.319 e. The minimum atomic E-state index is -2.60. The maximum absolute atomic E-state index is 7.06. The molecule has 0 bridgehead atoms. The fourth-order valence-corrected chi connectivity index (χ4v) is 8.58. The zero-order valence-electron chi connectivity index (χ0n) is 18.0. The maximum atomic E-state index is 7.06. The zero-order chi connectivity index (χ0) is 21.2. The quantitative estimate of drug-likeness (QED) is 0.430. The molecule has 152 valence electrons. The van der Waals surface area contributed by atoms with Crippen LogP contribution in [0.25, 0.3) is 11.3 Å². The molecule has 0 amide bonds. The van der Waals surface area contributed by atoms with E-state index in [1.165, 1.54) is 10.4 Å². The largest absolute Gasteiger partial charge is 0.534 e. The van der Waals surface area contributed by atoms with Crippen molar-refractivity contribution in [1.82, 2.24) is 9.55 Å². The molecule has 0 radical (unpaired) electrons. The van der Waals surface area contributed by atoms with Crippen LogP contribution >= 0.6 is 0 Å². The van der Waals surface area contributed by atoms with Gasteiger partial charge in [-0.05, 0) is 39.7 Å². The van der Waals surface area contributed by atoms with Gasteiger partial charge in [0.1, 0.15) is 5.75 Å². The van der Waals surface area contributed by atoms with Crippen LogP contribution in [0.1, 0.15) is 20.8 Å². The fourth-order valence-electron chi connectivity index (χ4n) is 4.16. The van der Waals surface area contributed by atoms with E-state index >= 15 is 0 Å². The first-order valence-electron chi connectivity index (χ1n) is 10.3. The second-order valence-electron chi connectivity index (χ2n) is 8.68. The van der Waals surface area contributed by atoms with Gasteiger partial charge < -0.3 is 8.99 Å². The third-order valence-electron chi connectivity index (χ3n) is 5.65. The molecule has 30 heavy (non-hydrogen) atoms. The second kappa shape index (κ2) is 7.96. The van der Waals surface area contributed by atoms with E-state index in [9.17, 15) is 0 Å². The zero-order valence-corrected chi connectivity index (χ0v) is 19.0. The van der Waals surface area contributed by atoms with Gasteiger partial charge in [0.25, 0.3) is 0 Å². The molecule has 4 rings (SSSR count). The predicted molar refractivity (Wildman–Crippen MR) is 127 cm³/mol. The molecule has 0 fully saturated rings. The summed E-state index contributed by atoms with van der Waals surface area (Å²) >= 11 is 0. The Morgan fingerprint density at radius 2 is 1.30 bits per heavy atom. The summed E-state index contributed by atoms with van der Waals surface area (Å²) in [5.74, 6) is 0.898. The molecule has 1 aromatic heterocycles. The van der Waals surface area contributed by atoms with E-state index in [0.717, 1.165) is 17.0 Å². The van der Waals surface area contributed by atoms with Crippen LogP contribution in [0.15, 0.2) is 97.5 Å². The van der Waals surface area contributed by atoms with E-state index < -0.39 is 8.32 Å². The van der Waals surface area contributed by atoms with Gasteiger partial charge in [-0.15, -0.1) is 0 Å². The van der Waals surface area contributed by atoms with E-state index in [1.54, 1.807) is 0 Å². The minimum Gasteiger partial charge on any atom is -0.534 e. The van der Waals surface area contributed by atoms with Crippen molar-refractivity contribution >= 4 is 18.7 Å². The summed E-state index contributed by atoms with van der Waals surface area (Å²) in [5.41, 5.74) is 2.22. The van der Waals surface area contributed by atoms with Crippen molar-refractivity contribution in [1.29, 1.82) is 0 Å². The van der Waals surface area contributed by atoms with Crippen molar-refractivity contribution in [2.75, 3.05) is 0 Å². The van der Waals surface area contributed by atoms with Crippen LogP contribution in [-0.2, 0) is 7.05 Å². The Balaban J connectivity index is 1.82. The van der Waals surface area contributed by atoms with Crippen LogP contribution in [0.3, 0.4) is 0 Å². The van der Waals surface area contributed by atoms with E-state index in [-0.39, 0.29) is 5.04 Å². The molecule has 4 aromatic rings. The highest BCUT2D eigenvalue weighted by molar-refractivity contribution is 7.00. The second-order valence-corrected chi connectivity index (χ2v) is 12.9. The van der Waals surface area contributed by atoms with Gasteiger partial charge in [-0.25, -0.2) is 4.98 Å². The van der Waals surface area contributed by atoms with Gasteiger partial charge in [0.15, 0.2) is 0 Å². The Kier molecular flexibility index (Phi) is 5.35. The van der Waals surface area contributed by atoms with Gasteiger partial charge >= 0.3 is 8.32 Å². The number of hydrogen-bond acceptors (Lipinski definition) is 2. The highest BCUT2D eigenvalue weighted by Gasteiger charge is 2.52. The van der Waals surface area contributed by atoms with E-state index in [1.807, 2.05) is 24.1 Å². The predicted octanol–water partition coefficient (Wildman–Crippen LogP) is 5.03. The van der Waals surface area contributed by atoms with Crippen LogP contribution in [0, 0.1) is 0 Å². The third kappa shape index (κ3) is 3.59. The number of aryl methyl sites for hydroxylation is 1. The third-order valence-corrected chi connectivity index (χ3v) is 10.6. The molecule has 0 aliphatic carbocycles. The lowest BCUT2D eigenvalue weighted by molar-refractivity contribution is 0.508. The topological polar surface area (TPSA) is 27.1 Å². The molecule has 3 nitrogen and oxygen atoms in total. The van der Waals surface area contributed by atoms with Gasteiger partial charge in [-0.3, -0.25) is 0 Å². The number of imidazole rings is 1. The summed E-state index contributed by atoms with van der Waals surface area (Å²) in [6.07, 6.45) is 3.71. The van der Waals surface area contributed by atoms with Crippen molar-refractivity contribution in [3.63, 3.8) is 0 Å². The lowest BCUT2D eigenvalue weighted by Crippen LogP contribution is -2.68. The SMILES string of the molecule is Cn1cncc1-c1ccc(O[Si](c2ccccc2)(c2ccccc2)C(C)(C)C)cc1. The number of aromatic nitrogens is 2. The Bertz CT molecular complexity index is 1060. The molecule has 0 aliphatic heterocycles. The highest BCUT2D eigenvalue weighted by Crippen LogP contribution is 2.37. The molecular weight excluding hydrogens is 384 g/mol. The van der Waals surface area contributed by atoms with E-state index in [4.69, 9.17) is 4.43 Å². The molecule has 4 heteroatoms. The summed E-state index contributed by atoms with van der Waals surface area (Å²) in [7, 11) is -0.593. The first kappa shape index (κ1) is 20.2. The number of benzene rings is 3. The minimum absolute atomic E-state index is 0.0591. The van der Waals surface area contributed by atoms with Crippen molar-refractivity contribution in [3.8, 4) is 17.0 Å². The summed E-state index contributed by atoms with van der Waals surface area (Å²) in [5, 5.41) is 2.50.